The Morgan fingerprint density at radius 2 is 1.77 bits per heavy atom. The molecule has 330 valence electrons. The lowest BCUT2D eigenvalue weighted by Gasteiger charge is -2.35. The second kappa shape index (κ2) is 17.4. The van der Waals surface area contributed by atoms with E-state index < -0.39 is 54.2 Å². The van der Waals surface area contributed by atoms with Gasteiger partial charge in [0.05, 0.1) is 48.3 Å². The molecule has 1 aliphatic carbocycles. The fourth-order valence-electron chi connectivity index (χ4n) is 9.03. The number of piperazine rings is 1. The minimum absolute atomic E-state index is 0.0298. The number of hydrogen-bond acceptors (Lipinski definition) is 13. The molecule has 0 radical (unpaired) electrons. The first-order chi connectivity index (χ1) is 29.7. The molecule has 2 unspecified atom stereocenters. The molecule has 2 saturated heterocycles. The quantitative estimate of drug-likeness (QED) is 0.153. The van der Waals surface area contributed by atoms with Crippen LogP contribution in [0.25, 0.3) is 0 Å². The van der Waals surface area contributed by atoms with Crippen molar-refractivity contribution < 1.29 is 47.0 Å². The molecule has 3 fully saturated rings. The van der Waals surface area contributed by atoms with Crippen molar-refractivity contribution in [3.8, 4) is 5.75 Å². The molecule has 2 atom stereocenters. The molecule has 5 aliphatic rings. The first-order valence-corrected chi connectivity index (χ1v) is 20.9. The molecule has 20 heteroatoms. The number of aliphatic hydroxyl groups excluding tert-OH is 1. The SMILES string of the molecule is COc1cc(C(=O)N2CCN(CCCCNc3cccc4c3C(=O)N(C3CCC(=O)NC3O)C4=O)CC2)c(F)cc1Nc1ncc2c(n1)N(C1CCCC1)CC(F)(F)C(=O)N2C. The number of imide groups is 1. The van der Waals surface area contributed by atoms with Gasteiger partial charge in [-0.25, -0.2) is 9.37 Å². The Hall–Kier alpha value is -6.02. The third-order valence-corrected chi connectivity index (χ3v) is 12.4. The number of anilines is 5. The number of halogens is 3. The number of aromatic nitrogens is 2. The van der Waals surface area contributed by atoms with Gasteiger partial charge in [-0.05, 0) is 56.8 Å². The minimum atomic E-state index is -3.64. The number of fused-ring (bicyclic) bond motifs is 2. The summed E-state index contributed by atoms with van der Waals surface area (Å²) in [6.07, 6.45) is 4.86. The Labute approximate surface area is 355 Å². The number of methoxy groups -OCH3 is 1. The third kappa shape index (κ3) is 8.19. The average molecular weight is 863 g/mol. The number of nitrogens with zero attached hydrogens (tertiary/aromatic N) is 7. The van der Waals surface area contributed by atoms with E-state index in [4.69, 9.17) is 4.74 Å². The van der Waals surface area contributed by atoms with Gasteiger partial charge in [-0.1, -0.05) is 18.9 Å². The van der Waals surface area contributed by atoms with Gasteiger partial charge >= 0.3 is 5.92 Å². The average Bonchev–Trinajstić information content (AvgIpc) is 3.87. The largest absolute Gasteiger partial charge is 0.495 e. The van der Waals surface area contributed by atoms with Crippen LogP contribution >= 0.6 is 0 Å². The van der Waals surface area contributed by atoms with Crippen molar-refractivity contribution in [1.82, 2.24) is 30.0 Å². The van der Waals surface area contributed by atoms with E-state index in [0.717, 1.165) is 48.1 Å². The number of carbonyl (C=O) groups is 5. The molecule has 0 spiro atoms. The van der Waals surface area contributed by atoms with E-state index in [2.05, 4.69) is 30.8 Å². The van der Waals surface area contributed by atoms with Gasteiger partial charge in [0.15, 0.2) is 5.82 Å². The normalized spacial score (nSPS) is 21.8. The zero-order valence-corrected chi connectivity index (χ0v) is 34.5. The molecule has 62 heavy (non-hydrogen) atoms. The minimum Gasteiger partial charge on any atom is -0.495 e. The number of rotatable bonds is 12. The maximum absolute atomic E-state index is 15.7. The number of aliphatic hydroxyl groups is 1. The number of unbranched alkanes of at least 4 members (excludes halogenated alkanes) is 1. The van der Waals surface area contributed by atoms with E-state index >= 15 is 13.2 Å². The molecule has 3 aromatic rings. The lowest BCUT2D eigenvalue weighted by Crippen LogP contribution is -2.57. The monoisotopic (exact) mass is 862 g/mol. The van der Waals surface area contributed by atoms with E-state index in [-0.39, 0.29) is 70.4 Å². The van der Waals surface area contributed by atoms with Crippen molar-refractivity contribution in [1.29, 1.82) is 0 Å². The summed E-state index contributed by atoms with van der Waals surface area (Å²) in [7, 11) is 2.63. The van der Waals surface area contributed by atoms with Crippen LogP contribution in [0.3, 0.4) is 0 Å². The van der Waals surface area contributed by atoms with Crippen LogP contribution in [0.5, 0.6) is 5.75 Å². The smallest absolute Gasteiger partial charge is 0.342 e. The van der Waals surface area contributed by atoms with Gasteiger partial charge in [-0.3, -0.25) is 33.8 Å². The lowest BCUT2D eigenvalue weighted by molar-refractivity contribution is -0.140. The van der Waals surface area contributed by atoms with Crippen molar-refractivity contribution >= 4 is 58.4 Å². The molecule has 2 aromatic carbocycles. The van der Waals surface area contributed by atoms with Crippen molar-refractivity contribution in [2.45, 2.75) is 75.6 Å². The van der Waals surface area contributed by atoms with Crippen LogP contribution in [-0.2, 0) is 9.59 Å². The van der Waals surface area contributed by atoms with Gasteiger partial charge in [0.25, 0.3) is 23.6 Å². The van der Waals surface area contributed by atoms with Crippen LogP contribution in [0, 0.1) is 5.82 Å². The first-order valence-electron chi connectivity index (χ1n) is 20.9. The van der Waals surface area contributed by atoms with Gasteiger partial charge in [0.1, 0.15) is 23.5 Å². The summed E-state index contributed by atoms with van der Waals surface area (Å²) in [5, 5.41) is 19.0. The Morgan fingerprint density at radius 1 is 1.02 bits per heavy atom. The number of piperidine rings is 1. The van der Waals surface area contributed by atoms with E-state index in [0.29, 0.717) is 51.3 Å². The van der Waals surface area contributed by atoms with Crippen LogP contribution in [0.2, 0.25) is 0 Å². The molecule has 1 aromatic heterocycles. The standard InChI is InChI=1S/C42H49F3N10O7/c1-51-31-22-47-41(50-35(31)54(24-8-3-4-9-24)23-42(44,45)40(51)61)48-29-21-27(43)26(20-32(29)62-2)37(58)53-18-16-52(17-19-53)15-6-5-14-46-28-11-7-10-25-34(28)39(60)55(38(25)59)30-12-13-33(56)49-36(30)57/h7,10-11,20-22,24,30,36,46,57H,3-6,8-9,12-19,23H2,1-2H3,(H,49,56)(H,47,48,50). The van der Waals surface area contributed by atoms with Crippen LogP contribution in [0.4, 0.5) is 42.0 Å². The highest BCUT2D eigenvalue weighted by Crippen LogP contribution is 2.40. The lowest BCUT2D eigenvalue weighted by atomic mass is 10.0. The zero-order valence-electron chi connectivity index (χ0n) is 34.5. The number of hydrogen-bond donors (Lipinski definition) is 4. The summed E-state index contributed by atoms with van der Waals surface area (Å²) in [6, 6.07) is 6.34. The van der Waals surface area contributed by atoms with Crippen molar-refractivity contribution in [2.75, 3.05) is 80.4 Å². The van der Waals surface area contributed by atoms with E-state index in [9.17, 15) is 29.1 Å². The van der Waals surface area contributed by atoms with Gasteiger partial charge in [0, 0.05) is 64.0 Å². The van der Waals surface area contributed by atoms with Gasteiger partial charge in [-0.15, -0.1) is 0 Å². The van der Waals surface area contributed by atoms with Crippen LogP contribution in [-0.4, -0.2) is 144 Å². The predicted octanol–water partition coefficient (Wildman–Crippen LogP) is 3.57. The van der Waals surface area contributed by atoms with Crippen molar-refractivity contribution in [2.24, 2.45) is 0 Å². The van der Waals surface area contributed by atoms with E-state index in [1.165, 1.54) is 31.3 Å². The number of alkyl halides is 2. The molecule has 1 saturated carbocycles. The fourth-order valence-corrected chi connectivity index (χ4v) is 9.03. The van der Waals surface area contributed by atoms with Crippen LogP contribution < -0.4 is 30.5 Å². The van der Waals surface area contributed by atoms with E-state index in [1.54, 1.807) is 23.1 Å². The zero-order chi connectivity index (χ0) is 43.9. The molecule has 5 heterocycles. The summed E-state index contributed by atoms with van der Waals surface area (Å²) < 4.78 is 51.4. The Balaban J connectivity index is 0.843. The summed E-state index contributed by atoms with van der Waals surface area (Å²) in [5.74, 6) is -7.37. The molecule has 5 amide bonds. The summed E-state index contributed by atoms with van der Waals surface area (Å²) in [6.45, 7) is 2.34. The maximum atomic E-state index is 15.7. The first kappa shape index (κ1) is 42.7. The molecule has 4 N–H and O–H groups in total. The second-order valence-electron chi connectivity index (χ2n) is 16.3. The Bertz CT molecular complexity index is 2270. The van der Waals surface area contributed by atoms with Crippen molar-refractivity contribution in [3.05, 3.63) is 59.0 Å². The number of carbonyl (C=O) groups excluding carboxylic acids is 5. The summed E-state index contributed by atoms with van der Waals surface area (Å²) in [5.41, 5.74) is 1.09. The molecule has 4 aliphatic heterocycles. The summed E-state index contributed by atoms with van der Waals surface area (Å²) in [4.78, 5) is 80.5. The highest BCUT2D eigenvalue weighted by molar-refractivity contribution is 6.24. The number of nitrogens with one attached hydrogen (secondary N) is 3. The third-order valence-electron chi connectivity index (χ3n) is 12.4. The molecule has 8 rings (SSSR count). The number of ether oxygens (including phenoxy) is 1. The predicted molar refractivity (Wildman–Crippen MR) is 220 cm³/mol. The number of benzene rings is 2. The van der Waals surface area contributed by atoms with Gasteiger partial charge < -0.3 is 40.5 Å². The Morgan fingerprint density at radius 3 is 2.50 bits per heavy atom. The number of amides is 5. The highest BCUT2D eigenvalue weighted by Gasteiger charge is 2.49. The van der Waals surface area contributed by atoms with E-state index in [1.807, 2.05) is 0 Å². The second-order valence-corrected chi connectivity index (χ2v) is 16.3. The molecule has 17 nitrogen and oxygen atoms in total. The topological polar surface area (TPSA) is 193 Å². The maximum Gasteiger partial charge on any atom is 0.342 e. The van der Waals surface area contributed by atoms with Crippen LogP contribution in [0.1, 0.15) is 82.4 Å². The highest BCUT2D eigenvalue weighted by atomic mass is 19.3. The van der Waals surface area contributed by atoms with Gasteiger partial charge in [-0.2, -0.15) is 13.8 Å². The molecule has 0 bridgehead atoms. The molecular formula is C42H49F3N10O7. The van der Waals surface area contributed by atoms with Crippen LogP contribution in [0.15, 0.2) is 36.5 Å². The Kier molecular flexibility index (Phi) is 12.0. The molecular weight excluding hydrogens is 814 g/mol. The van der Waals surface area contributed by atoms with Crippen molar-refractivity contribution in [3.63, 3.8) is 0 Å². The van der Waals surface area contributed by atoms with Gasteiger partial charge in [0.2, 0.25) is 11.9 Å². The fraction of sp³-hybridized carbons (Fsp3) is 0.500. The summed E-state index contributed by atoms with van der Waals surface area (Å²) >= 11 is 0.